The fourth-order valence-corrected chi connectivity index (χ4v) is 2.30. The van der Waals surface area contributed by atoms with Crippen LogP contribution < -0.4 is 4.74 Å². The summed E-state index contributed by atoms with van der Waals surface area (Å²) in [6, 6.07) is 17.9. The van der Waals surface area contributed by atoms with Gasteiger partial charge in [0.25, 0.3) is 0 Å². The lowest BCUT2D eigenvalue weighted by molar-refractivity contribution is 0.0701. The van der Waals surface area contributed by atoms with Crippen molar-refractivity contribution in [3.05, 3.63) is 77.0 Å². The molecule has 3 nitrogen and oxygen atoms in total. The highest BCUT2D eigenvalue weighted by Crippen LogP contribution is 2.29. The average molecular weight is 313 g/mol. The molecule has 22 heavy (non-hydrogen) atoms. The number of rotatable bonds is 3. The standard InChI is InChI=1S/C18H13ClO3/c1-12-6-2-5-9-15(12)22-18(20)17-11-10-16(21-17)13-7-3-4-8-14(13)19/h2-11H,1H3. The summed E-state index contributed by atoms with van der Waals surface area (Å²) in [6.45, 7) is 1.87. The van der Waals surface area contributed by atoms with E-state index in [9.17, 15) is 4.79 Å². The van der Waals surface area contributed by atoms with Crippen molar-refractivity contribution in [3.63, 3.8) is 0 Å². The first-order valence-electron chi connectivity index (χ1n) is 6.77. The lowest BCUT2D eigenvalue weighted by Gasteiger charge is -2.05. The first kappa shape index (κ1) is 14.4. The Morgan fingerprint density at radius 1 is 1.00 bits per heavy atom. The van der Waals surface area contributed by atoms with Crippen molar-refractivity contribution in [2.24, 2.45) is 0 Å². The zero-order chi connectivity index (χ0) is 15.5. The Morgan fingerprint density at radius 3 is 2.50 bits per heavy atom. The number of carbonyl (C=O) groups excluding carboxylic acids is 1. The van der Waals surface area contributed by atoms with E-state index in [1.54, 1.807) is 24.3 Å². The van der Waals surface area contributed by atoms with Gasteiger partial charge in [0.2, 0.25) is 5.76 Å². The van der Waals surface area contributed by atoms with Crippen molar-refractivity contribution in [2.75, 3.05) is 0 Å². The normalized spacial score (nSPS) is 10.5. The van der Waals surface area contributed by atoms with Crippen LogP contribution in [0.25, 0.3) is 11.3 Å². The molecule has 0 amide bonds. The zero-order valence-electron chi connectivity index (χ0n) is 11.9. The summed E-state index contributed by atoms with van der Waals surface area (Å²) in [5, 5.41) is 0.565. The van der Waals surface area contributed by atoms with Gasteiger partial charge in [-0.25, -0.2) is 4.79 Å². The summed E-state index contributed by atoms with van der Waals surface area (Å²) < 4.78 is 10.9. The lowest BCUT2D eigenvalue weighted by Crippen LogP contribution is -2.07. The maximum Gasteiger partial charge on any atom is 0.379 e. The molecule has 3 rings (SSSR count). The first-order chi connectivity index (χ1) is 10.6. The Morgan fingerprint density at radius 2 is 1.73 bits per heavy atom. The van der Waals surface area contributed by atoms with Crippen LogP contribution in [0.3, 0.4) is 0 Å². The van der Waals surface area contributed by atoms with Gasteiger partial charge in [-0.2, -0.15) is 0 Å². The molecule has 2 aromatic carbocycles. The molecule has 0 bridgehead atoms. The molecule has 0 N–H and O–H groups in total. The minimum atomic E-state index is -0.535. The molecular formula is C18H13ClO3. The summed E-state index contributed by atoms with van der Waals surface area (Å²) in [4.78, 5) is 12.1. The highest BCUT2D eigenvalue weighted by atomic mass is 35.5. The van der Waals surface area contributed by atoms with E-state index in [-0.39, 0.29) is 5.76 Å². The summed E-state index contributed by atoms with van der Waals surface area (Å²) in [6.07, 6.45) is 0. The molecule has 1 heterocycles. The molecule has 110 valence electrons. The fourth-order valence-electron chi connectivity index (χ4n) is 2.07. The molecule has 0 aliphatic heterocycles. The van der Waals surface area contributed by atoms with E-state index in [0.29, 0.717) is 16.5 Å². The molecule has 0 aliphatic rings. The van der Waals surface area contributed by atoms with Gasteiger partial charge >= 0.3 is 5.97 Å². The molecule has 0 saturated carbocycles. The van der Waals surface area contributed by atoms with Crippen LogP contribution in [0.2, 0.25) is 5.02 Å². The van der Waals surface area contributed by atoms with Crippen molar-refractivity contribution in [1.29, 1.82) is 0 Å². The van der Waals surface area contributed by atoms with Crippen LogP contribution in [0.1, 0.15) is 16.1 Å². The minimum absolute atomic E-state index is 0.137. The number of ether oxygens (including phenoxy) is 1. The number of para-hydroxylation sites is 1. The van der Waals surface area contributed by atoms with E-state index in [2.05, 4.69) is 0 Å². The molecule has 3 aromatic rings. The number of carbonyl (C=O) groups is 1. The van der Waals surface area contributed by atoms with Gasteiger partial charge in [0, 0.05) is 5.56 Å². The number of hydrogen-bond donors (Lipinski definition) is 0. The van der Waals surface area contributed by atoms with Crippen LogP contribution in [-0.2, 0) is 0 Å². The Kier molecular flexibility index (Phi) is 3.98. The van der Waals surface area contributed by atoms with Crippen LogP contribution in [0, 0.1) is 6.92 Å². The number of esters is 1. The summed E-state index contributed by atoms with van der Waals surface area (Å²) >= 11 is 6.12. The van der Waals surface area contributed by atoms with Crippen LogP contribution in [0.4, 0.5) is 0 Å². The Hall–Kier alpha value is -2.52. The van der Waals surface area contributed by atoms with E-state index in [4.69, 9.17) is 20.8 Å². The van der Waals surface area contributed by atoms with Crippen molar-refractivity contribution < 1.29 is 13.9 Å². The zero-order valence-corrected chi connectivity index (χ0v) is 12.6. The topological polar surface area (TPSA) is 39.4 Å². The minimum Gasteiger partial charge on any atom is -0.449 e. The van der Waals surface area contributed by atoms with Gasteiger partial charge in [-0.15, -0.1) is 0 Å². The second-order valence-corrected chi connectivity index (χ2v) is 5.21. The second-order valence-electron chi connectivity index (χ2n) is 4.80. The number of hydrogen-bond acceptors (Lipinski definition) is 3. The van der Waals surface area contributed by atoms with Crippen molar-refractivity contribution in [1.82, 2.24) is 0 Å². The second kappa shape index (κ2) is 6.08. The summed E-state index contributed by atoms with van der Waals surface area (Å²) in [7, 11) is 0. The van der Waals surface area contributed by atoms with Crippen molar-refractivity contribution in [2.45, 2.75) is 6.92 Å². The molecule has 0 unspecified atom stereocenters. The van der Waals surface area contributed by atoms with Gasteiger partial charge in [-0.05, 0) is 42.8 Å². The van der Waals surface area contributed by atoms with Gasteiger partial charge in [0.1, 0.15) is 11.5 Å². The Labute approximate surface area is 133 Å². The third-order valence-electron chi connectivity index (χ3n) is 3.24. The maximum absolute atomic E-state index is 12.1. The van der Waals surface area contributed by atoms with Gasteiger partial charge in [-0.3, -0.25) is 0 Å². The van der Waals surface area contributed by atoms with Crippen molar-refractivity contribution >= 4 is 17.6 Å². The highest BCUT2D eigenvalue weighted by Gasteiger charge is 2.16. The maximum atomic E-state index is 12.1. The number of halogens is 1. The largest absolute Gasteiger partial charge is 0.449 e. The van der Waals surface area contributed by atoms with Crippen LogP contribution in [0.15, 0.2) is 65.1 Å². The predicted octanol–water partition coefficient (Wildman–Crippen LogP) is 5.13. The molecule has 0 spiro atoms. The van der Waals surface area contributed by atoms with E-state index in [1.165, 1.54) is 0 Å². The SMILES string of the molecule is Cc1ccccc1OC(=O)c1ccc(-c2ccccc2Cl)o1. The first-order valence-corrected chi connectivity index (χ1v) is 7.15. The van der Waals surface area contributed by atoms with Gasteiger partial charge in [0.05, 0.1) is 5.02 Å². The summed E-state index contributed by atoms with van der Waals surface area (Å²) in [5.41, 5.74) is 1.62. The predicted molar refractivity (Wildman–Crippen MR) is 85.3 cm³/mol. The molecule has 0 aliphatic carbocycles. The molecule has 1 aromatic heterocycles. The fraction of sp³-hybridized carbons (Fsp3) is 0.0556. The Balaban J connectivity index is 1.84. The van der Waals surface area contributed by atoms with E-state index >= 15 is 0 Å². The third kappa shape index (κ3) is 2.90. The molecular weight excluding hydrogens is 300 g/mol. The molecule has 0 saturated heterocycles. The molecule has 0 radical (unpaired) electrons. The number of aryl methyl sites for hydroxylation is 1. The third-order valence-corrected chi connectivity index (χ3v) is 3.57. The van der Waals surface area contributed by atoms with E-state index in [0.717, 1.165) is 11.1 Å². The van der Waals surface area contributed by atoms with E-state index < -0.39 is 5.97 Å². The monoisotopic (exact) mass is 312 g/mol. The quantitative estimate of drug-likeness (QED) is 0.497. The highest BCUT2D eigenvalue weighted by molar-refractivity contribution is 6.33. The van der Waals surface area contributed by atoms with E-state index in [1.807, 2.05) is 43.3 Å². The Bertz CT molecular complexity index is 820. The van der Waals surface area contributed by atoms with Crippen molar-refractivity contribution in [3.8, 4) is 17.1 Å². The number of benzene rings is 2. The van der Waals surface area contributed by atoms with Gasteiger partial charge in [-0.1, -0.05) is 41.9 Å². The van der Waals surface area contributed by atoms with Gasteiger partial charge < -0.3 is 9.15 Å². The number of furan rings is 1. The lowest BCUT2D eigenvalue weighted by atomic mass is 10.2. The average Bonchev–Trinajstić information content (AvgIpc) is 3.00. The van der Waals surface area contributed by atoms with Crippen LogP contribution in [-0.4, -0.2) is 5.97 Å². The smallest absolute Gasteiger partial charge is 0.379 e. The van der Waals surface area contributed by atoms with Gasteiger partial charge in [0.15, 0.2) is 0 Å². The summed E-state index contributed by atoms with van der Waals surface area (Å²) in [5.74, 6) is 0.649. The molecule has 0 atom stereocenters. The molecule has 0 fully saturated rings. The van der Waals surface area contributed by atoms with Crippen LogP contribution >= 0.6 is 11.6 Å². The van der Waals surface area contributed by atoms with Crippen LogP contribution in [0.5, 0.6) is 5.75 Å². The molecule has 4 heteroatoms.